The predicted molar refractivity (Wildman–Crippen MR) is 104 cm³/mol. The Hall–Kier alpha value is -2.24. The fourth-order valence-electron chi connectivity index (χ4n) is 2.41. The fraction of sp³-hybridized carbons (Fsp3) is 0.778. The number of amides is 3. The van der Waals surface area contributed by atoms with Crippen molar-refractivity contribution in [3.05, 3.63) is 0 Å². The zero-order chi connectivity index (χ0) is 22.7. The van der Waals surface area contributed by atoms with Gasteiger partial charge in [0.15, 0.2) is 0 Å². The Morgan fingerprint density at radius 3 is 1.59 bits per heavy atom. The van der Waals surface area contributed by atoms with E-state index in [0.29, 0.717) is 6.42 Å². The second kappa shape index (κ2) is 13.1. The zero-order valence-corrected chi connectivity index (χ0v) is 17.3. The van der Waals surface area contributed by atoms with Crippen molar-refractivity contribution in [1.29, 1.82) is 0 Å². The number of hydrogen-bond acceptors (Lipinski definition) is 7. The van der Waals surface area contributed by atoms with Crippen LogP contribution in [0.3, 0.4) is 0 Å². The van der Waals surface area contributed by atoms with Crippen LogP contribution in [0.25, 0.3) is 0 Å². The highest BCUT2D eigenvalue weighted by Crippen LogP contribution is 2.06. The minimum absolute atomic E-state index is 0.0118. The molecule has 29 heavy (non-hydrogen) atoms. The van der Waals surface area contributed by atoms with Crippen LogP contribution in [0.5, 0.6) is 0 Å². The summed E-state index contributed by atoms with van der Waals surface area (Å²) in [4.78, 5) is 47.9. The molecule has 0 unspecified atom stereocenters. The van der Waals surface area contributed by atoms with Gasteiger partial charge < -0.3 is 37.0 Å². The van der Waals surface area contributed by atoms with Gasteiger partial charge in [0.1, 0.15) is 18.1 Å². The normalized spacial score (nSPS) is 16.3. The van der Waals surface area contributed by atoms with Gasteiger partial charge in [-0.2, -0.15) is 0 Å². The lowest BCUT2D eigenvalue weighted by atomic mass is 9.99. The van der Waals surface area contributed by atoms with E-state index in [9.17, 15) is 34.5 Å². The zero-order valence-electron chi connectivity index (χ0n) is 17.3. The summed E-state index contributed by atoms with van der Waals surface area (Å²) < 4.78 is 0. The van der Waals surface area contributed by atoms with Crippen molar-refractivity contribution >= 4 is 23.7 Å². The lowest BCUT2D eigenvalue weighted by Crippen LogP contribution is -2.59. The maximum atomic E-state index is 12.3. The van der Waals surface area contributed by atoms with E-state index in [1.807, 2.05) is 6.92 Å². The molecule has 0 spiro atoms. The molecule has 0 fully saturated rings. The first-order valence-electron chi connectivity index (χ1n) is 9.59. The first-order valence-corrected chi connectivity index (χ1v) is 9.59. The van der Waals surface area contributed by atoms with Crippen molar-refractivity contribution in [2.45, 2.75) is 64.7 Å². The van der Waals surface area contributed by atoms with Crippen LogP contribution < -0.4 is 21.7 Å². The molecule has 168 valence electrons. The highest BCUT2D eigenvalue weighted by Gasteiger charge is 2.30. The summed E-state index contributed by atoms with van der Waals surface area (Å²) in [5.74, 6) is -3.85. The maximum Gasteiger partial charge on any atom is 0.326 e. The van der Waals surface area contributed by atoms with Crippen LogP contribution in [0.2, 0.25) is 0 Å². The van der Waals surface area contributed by atoms with Crippen molar-refractivity contribution in [3.63, 3.8) is 0 Å². The van der Waals surface area contributed by atoms with Crippen molar-refractivity contribution in [2.75, 3.05) is 13.2 Å². The van der Waals surface area contributed by atoms with Gasteiger partial charge in [0, 0.05) is 0 Å². The predicted octanol–water partition coefficient (Wildman–Crippen LogP) is -2.07. The largest absolute Gasteiger partial charge is 0.480 e. The number of aliphatic carboxylic acids is 1. The van der Waals surface area contributed by atoms with Crippen LogP contribution in [0.4, 0.5) is 0 Å². The van der Waals surface area contributed by atoms with Crippen LogP contribution in [0.1, 0.15) is 40.5 Å². The van der Waals surface area contributed by atoms with Gasteiger partial charge in [0.25, 0.3) is 0 Å². The molecule has 0 aliphatic carbocycles. The van der Waals surface area contributed by atoms with Crippen molar-refractivity contribution in [2.24, 2.45) is 17.6 Å². The van der Waals surface area contributed by atoms with Crippen molar-refractivity contribution in [3.8, 4) is 0 Å². The number of aliphatic hydroxyl groups excluding tert-OH is 2. The smallest absolute Gasteiger partial charge is 0.326 e. The maximum absolute atomic E-state index is 12.3. The molecule has 0 aromatic heterocycles. The number of carbonyl (C=O) groups excluding carboxylic acids is 3. The van der Waals surface area contributed by atoms with Gasteiger partial charge in [-0.3, -0.25) is 14.4 Å². The van der Waals surface area contributed by atoms with Crippen LogP contribution >= 0.6 is 0 Å². The molecule has 11 heteroatoms. The fourth-order valence-corrected chi connectivity index (χ4v) is 2.41. The molecule has 5 atom stereocenters. The number of carboxylic acids is 1. The van der Waals surface area contributed by atoms with E-state index < -0.39 is 61.1 Å². The first-order chi connectivity index (χ1) is 13.5. The Labute approximate surface area is 170 Å². The number of hydrogen-bond donors (Lipinski definition) is 7. The molecule has 0 saturated heterocycles. The van der Waals surface area contributed by atoms with Gasteiger partial charge in [-0.25, -0.2) is 4.79 Å². The average molecular weight is 418 g/mol. The molecule has 0 aromatic rings. The summed E-state index contributed by atoms with van der Waals surface area (Å²) in [6, 6.07) is -4.91. The van der Waals surface area contributed by atoms with Gasteiger partial charge in [0.2, 0.25) is 17.7 Å². The van der Waals surface area contributed by atoms with E-state index in [4.69, 9.17) is 5.73 Å². The van der Waals surface area contributed by atoms with E-state index in [1.165, 1.54) is 0 Å². The average Bonchev–Trinajstić information content (AvgIpc) is 2.67. The quantitative estimate of drug-likeness (QED) is 0.177. The summed E-state index contributed by atoms with van der Waals surface area (Å²) in [5.41, 5.74) is 5.79. The number of aliphatic hydroxyl groups is 2. The van der Waals surface area contributed by atoms with E-state index in [-0.39, 0.29) is 18.3 Å². The summed E-state index contributed by atoms with van der Waals surface area (Å²) in [6.07, 6.45) is 0.800. The molecule has 0 aliphatic rings. The van der Waals surface area contributed by atoms with Crippen LogP contribution in [0, 0.1) is 11.8 Å². The first kappa shape index (κ1) is 26.8. The highest BCUT2D eigenvalue weighted by molar-refractivity contribution is 5.94. The topological polar surface area (TPSA) is 191 Å². The lowest BCUT2D eigenvalue weighted by molar-refractivity contribution is -0.143. The van der Waals surface area contributed by atoms with Gasteiger partial charge >= 0.3 is 5.97 Å². The van der Waals surface area contributed by atoms with E-state index >= 15 is 0 Å². The summed E-state index contributed by atoms with van der Waals surface area (Å²) in [7, 11) is 0. The third kappa shape index (κ3) is 9.20. The molecular weight excluding hydrogens is 384 g/mol. The standard InChI is InChI=1S/C18H34N4O7/c1-5-10(4)14(19)17(27)22-13(8-24)16(26)21-12(7-23)15(25)20-11(18(28)29)6-9(2)3/h9-14,23-24H,5-8,19H2,1-4H3,(H,20,25)(H,21,26)(H,22,27)(H,28,29)/t10-,11-,12-,13-,14-/m0/s1. The Morgan fingerprint density at radius 1 is 0.828 bits per heavy atom. The number of rotatable bonds is 13. The number of carbonyl (C=O) groups is 4. The molecule has 3 amide bonds. The van der Waals surface area contributed by atoms with Crippen LogP contribution in [-0.2, 0) is 19.2 Å². The SMILES string of the molecule is CC[C@H](C)[C@H](N)C(=O)N[C@@H](CO)C(=O)N[C@@H](CO)C(=O)N[C@@H](CC(C)C)C(=O)O. The minimum Gasteiger partial charge on any atom is -0.480 e. The summed E-state index contributed by atoms with van der Waals surface area (Å²) >= 11 is 0. The number of carboxylic acid groups (broad SMARTS) is 1. The van der Waals surface area contributed by atoms with Crippen LogP contribution in [0.15, 0.2) is 0 Å². The Morgan fingerprint density at radius 2 is 1.24 bits per heavy atom. The van der Waals surface area contributed by atoms with Crippen molar-refractivity contribution < 1.29 is 34.5 Å². The Balaban J connectivity index is 5.02. The second-order valence-corrected chi connectivity index (χ2v) is 7.43. The minimum atomic E-state index is -1.45. The molecule has 0 rings (SSSR count). The molecule has 0 heterocycles. The van der Waals surface area contributed by atoms with Gasteiger partial charge in [-0.05, 0) is 18.3 Å². The van der Waals surface area contributed by atoms with Gasteiger partial charge in [-0.15, -0.1) is 0 Å². The third-order valence-electron chi connectivity index (χ3n) is 4.51. The Kier molecular flexibility index (Phi) is 12.1. The molecule has 11 nitrogen and oxygen atoms in total. The molecule has 0 aliphatic heterocycles. The molecule has 0 saturated carbocycles. The Bertz CT molecular complexity index is 570. The molecule has 8 N–H and O–H groups in total. The summed E-state index contributed by atoms with van der Waals surface area (Å²) in [6.45, 7) is 5.63. The number of nitrogens with one attached hydrogen (secondary N) is 3. The lowest BCUT2D eigenvalue weighted by Gasteiger charge is -2.24. The number of nitrogens with two attached hydrogens (primary N) is 1. The summed E-state index contributed by atoms with van der Waals surface area (Å²) in [5, 5.41) is 34.8. The van der Waals surface area contributed by atoms with E-state index in [0.717, 1.165) is 0 Å². The second-order valence-electron chi connectivity index (χ2n) is 7.43. The monoisotopic (exact) mass is 418 g/mol. The van der Waals surface area contributed by atoms with E-state index in [1.54, 1.807) is 20.8 Å². The highest BCUT2D eigenvalue weighted by atomic mass is 16.4. The van der Waals surface area contributed by atoms with E-state index in [2.05, 4.69) is 16.0 Å². The molecule has 0 aromatic carbocycles. The third-order valence-corrected chi connectivity index (χ3v) is 4.51. The van der Waals surface area contributed by atoms with Gasteiger partial charge in [-0.1, -0.05) is 34.1 Å². The molecular formula is C18H34N4O7. The molecule has 0 radical (unpaired) electrons. The van der Waals surface area contributed by atoms with Gasteiger partial charge in [0.05, 0.1) is 19.3 Å². The van der Waals surface area contributed by atoms with Crippen molar-refractivity contribution in [1.82, 2.24) is 16.0 Å². The van der Waals surface area contributed by atoms with Crippen LogP contribution in [-0.4, -0.2) is 76.4 Å². The molecule has 0 bridgehead atoms.